The first-order valence-corrected chi connectivity index (χ1v) is 6.09. The lowest BCUT2D eigenvalue weighted by molar-refractivity contribution is -0.120. The van der Waals surface area contributed by atoms with Gasteiger partial charge in [-0.05, 0) is 13.0 Å². The molecule has 1 aromatic heterocycles. The van der Waals surface area contributed by atoms with Gasteiger partial charge in [0.15, 0.2) is 0 Å². The highest BCUT2D eigenvalue weighted by Gasteiger charge is 2.08. The Balaban J connectivity index is 1.92. The molecular formula is C14H17N3O2. The number of benzene rings is 1. The highest BCUT2D eigenvalue weighted by atomic mass is 16.3. The molecule has 0 aliphatic carbocycles. The average Bonchev–Trinajstić information content (AvgIpc) is 2.70. The van der Waals surface area contributed by atoms with Crippen molar-refractivity contribution in [2.24, 2.45) is 7.05 Å². The number of amides is 1. The third-order valence-corrected chi connectivity index (χ3v) is 3.16. The van der Waals surface area contributed by atoms with Crippen LogP contribution in [0.25, 0.3) is 0 Å². The van der Waals surface area contributed by atoms with Gasteiger partial charge in [0.05, 0.1) is 12.6 Å². The first-order chi connectivity index (χ1) is 9.08. The standard InChI is InChI=1S/C14H17N3O2/c1-10-12(9-16-17(10)2)8-15-14(19)7-11-5-3-4-6-13(11)18/h3-6,9,18H,7-8H2,1-2H3,(H,15,19). The number of nitrogens with one attached hydrogen (secondary N) is 1. The lowest BCUT2D eigenvalue weighted by Crippen LogP contribution is -2.24. The maximum atomic E-state index is 11.8. The summed E-state index contributed by atoms with van der Waals surface area (Å²) >= 11 is 0. The fourth-order valence-electron chi connectivity index (χ4n) is 1.81. The van der Waals surface area contributed by atoms with Gasteiger partial charge in [-0.2, -0.15) is 5.10 Å². The Hall–Kier alpha value is -2.30. The molecule has 0 unspecified atom stereocenters. The maximum absolute atomic E-state index is 11.8. The number of hydrogen-bond acceptors (Lipinski definition) is 3. The van der Waals surface area contributed by atoms with Crippen molar-refractivity contribution in [2.45, 2.75) is 19.9 Å². The van der Waals surface area contributed by atoms with Crippen LogP contribution in [-0.2, 0) is 24.8 Å². The largest absolute Gasteiger partial charge is 0.508 e. The number of aryl methyl sites for hydroxylation is 1. The third-order valence-electron chi connectivity index (χ3n) is 3.16. The zero-order chi connectivity index (χ0) is 13.8. The van der Waals surface area contributed by atoms with Gasteiger partial charge in [0, 0.05) is 30.4 Å². The van der Waals surface area contributed by atoms with Gasteiger partial charge in [-0.15, -0.1) is 0 Å². The first kappa shape index (κ1) is 13.1. The Morgan fingerprint density at radius 3 is 2.74 bits per heavy atom. The van der Waals surface area contributed by atoms with Crippen LogP contribution in [0, 0.1) is 6.92 Å². The maximum Gasteiger partial charge on any atom is 0.224 e. The van der Waals surface area contributed by atoms with E-state index in [9.17, 15) is 9.90 Å². The molecule has 0 aliphatic rings. The van der Waals surface area contributed by atoms with Crippen LogP contribution in [0.2, 0.25) is 0 Å². The molecule has 100 valence electrons. The van der Waals surface area contributed by atoms with Gasteiger partial charge in [0.1, 0.15) is 5.75 Å². The van der Waals surface area contributed by atoms with Crippen LogP contribution < -0.4 is 5.32 Å². The molecule has 2 rings (SSSR count). The zero-order valence-corrected chi connectivity index (χ0v) is 11.1. The van der Waals surface area contributed by atoms with Gasteiger partial charge in [-0.1, -0.05) is 18.2 Å². The fourth-order valence-corrected chi connectivity index (χ4v) is 1.81. The lowest BCUT2D eigenvalue weighted by atomic mass is 10.1. The summed E-state index contributed by atoms with van der Waals surface area (Å²) in [7, 11) is 1.86. The van der Waals surface area contributed by atoms with Crippen LogP contribution in [0.4, 0.5) is 0 Å². The molecule has 19 heavy (non-hydrogen) atoms. The molecule has 1 amide bonds. The number of phenols is 1. The van der Waals surface area contributed by atoms with Crippen molar-refractivity contribution in [3.05, 3.63) is 47.3 Å². The topological polar surface area (TPSA) is 67.2 Å². The van der Waals surface area contributed by atoms with E-state index in [1.807, 2.05) is 14.0 Å². The van der Waals surface area contributed by atoms with Crippen molar-refractivity contribution in [3.63, 3.8) is 0 Å². The van der Waals surface area contributed by atoms with Crippen LogP contribution in [0.5, 0.6) is 5.75 Å². The molecule has 2 N–H and O–H groups in total. The monoisotopic (exact) mass is 259 g/mol. The van der Waals surface area contributed by atoms with Crippen LogP contribution >= 0.6 is 0 Å². The highest BCUT2D eigenvalue weighted by molar-refractivity contribution is 5.79. The SMILES string of the molecule is Cc1c(CNC(=O)Cc2ccccc2O)cnn1C. The second-order valence-corrected chi connectivity index (χ2v) is 4.46. The summed E-state index contributed by atoms with van der Waals surface area (Å²) in [4.78, 5) is 11.8. The van der Waals surface area contributed by atoms with Crippen LogP contribution in [0.1, 0.15) is 16.8 Å². The fraction of sp³-hybridized carbons (Fsp3) is 0.286. The van der Waals surface area contributed by atoms with Crippen molar-refractivity contribution in [3.8, 4) is 5.75 Å². The molecule has 1 heterocycles. The minimum Gasteiger partial charge on any atom is -0.508 e. The summed E-state index contributed by atoms with van der Waals surface area (Å²) < 4.78 is 1.77. The van der Waals surface area contributed by atoms with E-state index in [-0.39, 0.29) is 18.1 Å². The van der Waals surface area contributed by atoms with Crippen molar-refractivity contribution in [1.82, 2.24) is 15.1 Å². The van der Waals surface area contributed by atoms with Gasteiger partial charge in [0.25, 0.3) is 0 Å². The predicted octanol–water partition coefficient (Wildman–Crippen LogP) is 1.29. The highest BCUT2D eigenvalue weighted by Crippen LogP contribution is 2.15. The smallest absolute Gasteiger partial charge is 0.224 e. The van der Waals surface area contributed by atoms with E-state index < -0.39 is 0 Å². The van der Waals surface area contributed by atoms with E-state index in [1.165, 1.54) is 0 Å². The normalized spacial score (nSPS) is 10.4. The second kappa shape index (κ2) is 5.56. The van der Waals surface area contributed by atoms with Gasteiger partial charge in [0.2, 0.25) is 5.91 Å². The van der Waals surface area contributed by atoms with E-state index in [4.69, 9.17) is 0 Å². The first-order valence-electron chi connectivity index (χ1n) is 6.09. The van der Waals surface area contributed by atoms with Crippen LogP contribution in [-0.4, -0.2) is 20.8 Å². The van der Waals surface area contributed by atoms with Crippen molar-refractivity contribution in [1.29, 1.82) is 0 Å². The molecule has 0 radical (unpaired) electrons. The van der Waals surface area contributed by atoms with Gasteiger partial charge in [-0.25, -0.2) is 0 Å². The number of para-hydroxylation sites is 1. The zero-order valence-electron chi connectivity index (χ0n) is 11.1. The molecule has 0 saturated heterocycles. The second-order valence-electron chi connectivity index (χ2n) is 4.46. The number of nitrogens with zero attached hydrogens (tertiary/aromatic N) is 2. The Kier molecular flexibility index (Phi) is 3.85. The van der Waals surface area contributed by atoms with Crippen LogP contribution in [0.15, 0.2) is 30.5 Å². The molecule has 0 atom stereocenters. The average molecular weight is 259 g/mol. The van der Waals surface area contributed by atoms with Gasteiger partial charge >= 0.3 is 0 Å². The molecule has 2 aromatic rings. The predicted molar refractivity (Wildman–Crippen MR) is 71.6 cm³/mol. The van der Waals surface area contributed by atoms with E-state index in [0.717, 1.165) is 11.3 Å². The van der Waals surface area contributed by atoms with Gasteiger partial charge < -0.3 is 10.4 Å². The molecule has 0 spiro atoms. The number of phenolic OH excluding ortho intramolecular Hbond substituents is 1. The van der Waals surface area contributed by atoms with Crippen molar-refractivity contribution < 1.29 is 9.90 Å². The Morgan fingerprint density at radius 2 is 2.11 bits per heavy atom. The summed E-state index contributed by atoms with van der Waals surface area (Å²) in [5.41, 5.74) is 2.65. The van der Waals surface area contributed by atoms with E-state index in [1.54, 1.807) is 35.1 Å². The van der Waals surface area contributed by atoms with Crippen LogP contribution in [0.3, 0.4) is 0 Å². The molecule has 0 fully saturated rings. The number of carbonyl (C=O) groups excluding carboxylic acids is 1. The number of aromatic nitrogens is 2. The Labute approximate surface area is 111 Å². The number of rotatable bonds is 4. The van der Waals surface area contributed by atoms with E-state index in [0.29, 0.717) is 12.1 Å². The Morgan fingerprint density at radius 1 is 1.37 bits per heavy atom. The Bertz CT molecular complexity index is 590. The number of carbonyl (C=O) groups is 1. The summed E-state index contributed by atoms with van der Waals surface area (Å²) in [5.74, 6) is 0.0277. The number of aromatic hydroxyl groups is 1. The molecule has 5 heteroatoms. The molecular weight excluding hydrogens is 242 g/mol. The molecule has 0 aliphatic heterocycles. The molecule has 0 bridgehead atoms. The van der Waals surface area contributed by atoms with Crippen molar-refractivity contribution in [2.75, 3.05) is 0 Å². The summed E-state index contributed by atoms with van der Waals surface area (Å²) in [5, 5.41) is 16.5. The summed E-state index contributed by atoms with van der Waals surface area (Å²) in [6.45, 7) is 2.41. The molecule has 1 aromatic carbocycles. The quantitative estimate of drug-likeness (QED) is 0.869. The van der Waals surface area contributed by atoms with E-state index >= 15 is 0 Å². The summed E-state index contributed by atoms with van der Waals surface area (Å²) in [6, 6.07) is 6.85. The van der Waals surface area contributed by atoms with E-state index in [2.05, 4.69) is 10.4 Å². The van der Waals surface area contributed by atoms with Crippen molar-refractivity contribution >= 4 is 5.91 Å². The lowest BCUT2D eigenvalue weighted by Gasteiger charge is -2.06. The number of hydrogen-bond donors (Lipinski definition) is 2. The minimum atomic E-state index is -0.121. The third kappa shape index (κ3) is 3.13. The molecule has 0 saturated carbocycles. The van der Waals surface area contributed by atoms with Gasteiger partial charge in [-0.3, -0.25) is 9.48 Å². The summed E-state index contributed by atoms with van der Waals surface area (Å²) in [6.07, 6.45) is 1.92. The molecule has 5 nitrogen and oxygen atoms in total. The minimum absolute atomic E-state index is 0.121.